The van der Waals surface area contributed by atoms with Gasteiger partial charge < -0.3 is 14.9 Å². The topological polar surface area (TPSA) is 49.7 Å². The number of benzene rings is 1. The van der Waals surface area contributed by atoms with Gasteiger partial charge in [-0.25, -0.2) is 0 Å². The predicted molar refractivity (Wildman–Crippen MR) is 54.8 cm³/mol. The number of hydrogen-bond acceptors (Lipinski definition) is 3. The van der Waals surface area contributed by atoms with Crippen LogP contribution < -0.4 is 4.74 Å². The molecule has 1 aromatic rings. The molecule has 0 amide bonds. The van der Waals surface area contributed by atoms with Gasteiger partial charge in [0.1, 0.15) is 11.5 Å². The molecule has 0 aliphatic heterocycles. The summed E-state index contributed by atoms with van der Waals surface area (Å²) >= 11 is 0. The van der Waals surface area contributed by atoms with Crippen molar-refractivity contribution in [2.24, 2.45) is 0 Å². The second-order valence-corrected chi connectivity index (χ2v) is 3.44. The van der Waals surface area contributed by atoms with Crippen molar-refractivity contribution in [1.29, 1.82) is 0 Å². The molecule has 1 unspecified atom stereocenters. The van der Waals surface area contributed by atoms with E-state index in [1.165, 1.54) is 0 Å². The van der Waals surface area contributed by atoms with Gasteiger partial charge in [0.2, 0.25) is 0 Å². The van der Waals surface area contributed by atoms with Gasteiger partial charge in [-0.15, -0.1) is 0 Å². The quantitative estimate of drug-likeness (QED) is 0.761. The average molecular weight is 196 g/mol. The first-order valence-corrected chi connectivity index (χ1v) is 4.54. The third-order valence-corrected chi connectivity index (χ3v) is 2.52. The van der Waals surface area contributed by atoms with Crippen molar-refractivity contribution in [3.05, 3.63) is 22.8 Å². The average Bonchev–Trinajstić information content (AvgIpc) is 2.14. The minimum atomic E-state index is -0.691. The fraction of sp³-hybridized carbons (Fsp3) is 0.455. The fourth-order valence-electron chi connectivity index (χ4n) is 1.43. The lowest BCUT2D eigenvalue weighted by molar-refractivity contribution is 0.194. The van der Waals surface area contributed by atoms with Crippen molar-refractivity contribution in [3.8, 4) is 11.5 Å². The number of methoxy groups -OCH3 is 1. The fourth-order valence-corrected chi connectivity index (χ4v) is 1.43. The van der Waals surface area contributed by atoms with Crippen LogP contribution in [0.4, 0.5) is 0 Å². The van der Waals surface area contributed by atoms with E-state index in [0.29, 0.717) is 11.3 Å². The van der Waals surface area contributed by atoms with E-state index >= 15 is 0 Å². The Bertz CT molecular complexity index is 343. The van der Waals surface area contributed by atoms with E-state index in [9.17, 15) is 10.2 Å². The molecule has 0 fully saturated rings. The normalized spacial score (nSPS) is 12.6. The first-order valence-electron chi connectivity index (χ1n) is 4.54. The van der Waals surface area contributed by atoms with Crippen molar-refractivity contribution in [3.63, 3.8) is 0 Å². The Morgan fingerprint density at radius 2 is 1.86 bits per heavy atom. The molecule has 0 radical (unpaired) electrons. The summed E-state index contributed by atoms with van der Waals surface area (Å²) in [5.74, 6) is 0.842. The van der Waals surface area contributed by atoms with Crippen molar-refractivity contribution in [2.45, 2.75) is 26.9 Å². The molecule has 3 heteroatoms. The van der Waals surface area contributed by atoms with Gasteiger partial charge in [-0.05, 0) is 38.0 Å². The zero-order valence-corrected chi connectivity index (χ0v) is 8.96. The Hall–Kier alpha value is -1.22. The Kier molecular flexibility index (Phi) is 3.01. The van der Waals surface area contributed by atoms with Gasteiger partial charge in [-0.2, -0.15) is 0 Å². The molecular weight excluding hydrogens is 180 g/mol. The summed E-state index contributed by atoms with van der Waals surface area (Å²) in [4.78, 5) is 0. The van der Waals surface area contributed by atoms with Crippen LogP contribution in [0, 0.1) is 13.8 Å². The monoisotopic (exact) mass is 196 g/mol. The van der Waals surface area contributed by atoms with Crippen molar-refractivity contribution < 1.29 is 14.9 Å². The number of rotatable bonds is 2. The number of phenols is 1. The van der Waals surface area contributed by atoms with Crippen LogP contribution in [-0.2, 0) is 0 Å². The highest BCUT2D eigenvalue weighted by Crippen LogP contribution is 2.35. The molecule has 0 heterocycles. The minimum absolute atomic E-state index is 0.151. The number of ether oxygens (including phenoxy) is 1. The van der Waals surface area contributed by atoms with E-state index in [2.05, 4.69) is 0 Å². The van der Waals surface area contributed by atoms with Gasteiger partial charge in [-0.3, -0.25) is 0 Å². The van der Waals surface area contributed by atoms with Gasteiger partial charge in [-0.1, -0.05) is 0 Å². The number of aromatic hydroxyl groups is 1. The molecule has 0 saturated carbocycles. The highest BCUT2D eigenvalue weighted by atomic mass is 16.5. The van der Waals surface area contributed by atoms with Gasteiger partial charge in [0.05, 0.1) is 13.2 Å². The first-order chi connectivity index (χ1) is 6.49. The second kappa shape index (κ2) is 3.88. The standard InChI is InChI=1S/C11H16O3/c1-6-7(2)11(13)9(8(3)12)5-10(6)14-4/h5,8,12-13H,1-4H3. The second-order valence-electron chi connectivity index (χ2n) is 3.44. The lowest BCUT2D eigenvalue weighted by atomic mass is 10.0. The highest BCUT2D eigenvalue weighted by Gasteiger charge is 2.15. The van der Waals surface area contributed by atoms with Crippen LogP contribution in [0.1, 0.15) is 29.7 Å². The minimum Gasteiger partial charge on any atom is -0.507 e. The molecule has 1 aromatic carbocycles. The van der Waals surface area contributed by atoms with Crippen LogP contribution in [0.25, 0.3) is 0 Å². The van der Waals surface area contributed by atoms with Crippen LogP contribution >= 0.6 is 0 Å². The third kappa shape index (κ3) is 1.68. The van der Waals surface area contributed by atoms with E-state index in [-0.39, 0.29) is 5.75 Å². The molecule has 2 N–H and O–H groups in total. The molecular formula is C11H16O3. The van der Waals surface area contributed by atoms with Crippen LogP contribution in [-0.4, -0.2) is 17.3 Å². The SMILES string of the molecule is COc1cc(C(C)O)c(O)c(C)c1C. The summed E-state index contributed by atoms with van der Waals surface area (Å²) in [7, 11) is 1.57. The van der Waals surface area contributed by atoms with Crippen LogP contribution in [0.3, 0.4) is 0 Å². The van der Waals surface area contributed by atoms with E-state index < -0.39 is 6.10 Å². The molecule has 14 heavy (non-hydrogen) atoms. The molecule has 0 aliphatic carbocycles. The van der Waals surface area contributed by atoms with Crippen molar-refractivity contribution >= 4 is 0 Å². The lowest BCUT2D eigenvalue weighted by Crippen LogP contribution is -1.98. The number of aliphatic hydroxyl groups is 1. The number of aliphatic hydroxyl groups excluding tert-OH is 1. The van der Waals surface area contributed by atoms with Crippen molar-refractivity contribution in [2.75, 3.05) is 7.11 Å². The zero-order chi connectivity index (χ0) is 10.9. The predicted octanol–water partition coefficient (Wildman–Crippen LogP) is 2.07. The molecule has 0 saturated heterocycles. The first kappa shape index (κ1) is 10.9. The van der Waals surface area contributed by atoms with Gasteiger partial charge in [0.25, 0.3) is 0 Å². The molecule has 1 rings (SSSR count). The molecule has 0 spiro atoms. The van der Waals surface area contributed by atoms with Crippen LogP contribution in [0.15, 0.2) is 6.07 Å². The summed E-state index contributed by atoms with van der Waals surface area (Å²) in [5.41, 5.74) is 2.15. The summed E-state index contributed by atoms with van der Waals surface area (Å²) in [6.45, 7) is 5.29. The Labute approximate surface area is 84.0 Å². The maximum Gasteiger partial charge on any atom is 0.124 e. The third-order valence-electron chi connectivity index (χ3n) is 2.52. The highest BCUT2D eigenvalue weighted by molar-refractivity contribution is 5.52. The van der Waals surface area contributed by atoms with E-state index in [0.717, 1.165) is 11.1 Å². The van der Waals surface area contributed by atoms with Crippen LogP contribution in [0.5, 0.6) is 11.5 Å². The molecule has 78 valence electrons. The van der Waals surface area contributed by atoms with Gasteiger partial charge in [0.15, 0.2) is 0 Å². The summed E-state index contributed by atoms with van der Waals surface area (Å²) in [6, 6.07) is 1.67. The zero-order valence-electron chi connectivity index (χ0n) is 8.96. The Morgan fingerprint density at radius 1 is 1.29 bits per heavy atom. The number of phenolic OH excluding ortho intramolecular Hbond substituents is 1. The van der Waals surface area contributed by atoms with Crippen molar-refractivity contribution in [1.82, 2.24) is 0 Å². The summed E-state index contributed by atoms with van der Waals surface area (Å²) in [5, 5.41) is 19.2. The number of hydrogen-bond donors (Lipinski definition) is 2. The Morgan fingerprint density at radius 3 is 2.29 bits per heavy atom. The maximum absolute atomic E-state index is 9.75. The lowest BCUT2D eigenvalue weighted by Gasteiger charge is -2.15. The van der Waals surface area contributed by atoms with E-state index in [1.54, 1.807) is 27.0 Å². The van der Waals surface area contributed by atoms with Crippen LogP contribution in [0.2, 0.25) is 0 Å². The largest absolute Gasteiger partial charge is 0.507 e. The smallest absolute Gasteiger partial charge is 0.124 e. The molecule has 3 nitrogen and oxygen atoms in total. The Balaban J connectivity index is 3.40. The molecule has 0 aromatic heterocycles. The maximum atomic E-state index is 9.75. The molecule has 1 atom stereocenters. The summed E-state index contributed by atoms with van der Waals surface area (Å²) < 4.78 is 5.15. The van der Waals surface area contributed by atoms with Gasteiger partial charge >= 0.3 is 0 Å². The molecule has 0 aliphatic rings. The van der Waals surface area contributed by atoms with E-state index in [1.807, 2.05) is 6.92 Å². The van der Waals surface area contributed by atoms with Gasteiger partial charge in [0, 0.05) is 5.56 Å². The molecule has 0 bridgehead atoms. The van der Waals surface area contributed by atoms with E-state index in [4.69, 9.17) is 4.74 Å². The summed E-state index contributed by atoms with van der Waals surface area (Å²) in [6.07, 6.45) is -0.691.